The van der Waals surface area contributed by atoms with Crippen molar-refractivity contribution >= 4 is 0 Å². The Morgan fingerprint density at radius 3 is 2.69 bits per heavy atom. The van der Waals surface area contributed by atoms with E-state index in [0.29, 0.717) is 5.54 Å². The maximum absolute atomic E-state index is 2.75. The van der Waals surface area contributed by atoms with E-state index in [9.17, 15) is 0 Å². The third-order valence-electron chi connectivity index (χ3n) is 3.76. The quantitative estimate of drug-likeness (QED) is 0.639. The molecular weight excluding hydrogens is 160 g/mol. The molecule has 2 aliphatic rings. The van der Waals surface area contributed by atoms with Gasteiger partial charge in [0, 0.05) is 12.1 Å². The molecule has 2 nitrogen and oxygen atoms in total. The molecule has 2 saturated heterocycles. The van der Waals surface area contributed by atoms with Crippen molar-refractivity contribution in [3.05, 3.63) is 0 Å². The van der Waals surface area contributed by atoms with Gasteiger partial charge in [0.05, 0.1) is 0 Å². The van der Waals surface area contributed by atoms with Gasteiger partial charge in [0.2, 0.25) is 0 Å². The molecule has 76 valence electrons. The summed E-state index contributed by atoms with van der Waals surface area (Å²) in [6, 6.07) is 0. The minimum atomic E-state index is 0.588. The van der Waals surface area contributed by atoms with Crippen LogP contribution in [-0.2, 0) is 0 Å². The summed E-state index contributed by atoms with van der Waals surface area (Å²) in [6.07, 6.45) is 5.58. The predicted molar refractivity (Wildman–Crippen MR) is 55.9 cm³/mol. The Bertz CT molecular complexity index is 181. The summed E-state index contributed by atoms with van der Waals surface area (Å²) in [6.45, 7) is 7.58. The van der Waals surface area contributed by atoms with Crippen molar-refractivity contribution in [2.45, 2.75) is 38.1 Å². The number of likely N-dealkylation sites (N-methyl/N-ethyl adjacent to an activating group) is 1. The van der Waals surface area contributed by atoms with Crippen LogP contribution in [0.15, 0.2) is 0 Å². The highest BCUT2D eigenvalue weighted by molar-refractivity contribution is 5.01. The lowest BCUT2D eigenvalue weighted by atomic mass is 9.95. The minimum absolute atomic E-state index is 0.588. The fourth-order valence-electron chi connectivity index (χ4n) is 3.13. The summed E-state index contributed by atoms with van der Waals surface area (Å²) in [5.74, 6) is 0. The smallest absolute Gasteiger partial charge is 0.0348 e. The summed E-state index contributed by atoms with van der Waals surface area (Å²) in [4.78, 5) is 5.24. The summed E-state index contributed by atoms with van der Waals surface area (Å²) in [5, 5.41) is 0. The Labute approximate surface area is 81.9 Å². The fraction of sp³-hybridized carbons (Fsp3) is 1.00. The van der Waals surface area contributed by atoms with Crippen molar-refractivity contribution < 1.29 is 0 Å². The van der Waals surface area contributed by atoms with Crippen molar-refractivity contribution in [3.8, 4) is 0 Å². The van der Waals surface area contributed by atoms with Crippen molar-refractivity contribution in [2.75, 3.05) is 33.2 Å². The molecule has 0 amide bonds. The average Bonchev–Trinajstić information content (AvgIpc) is 2.64. The molecule has 2 fully saturated rings. The second-order valence-corrected chi connectivity index (χ2v) is 4.80. The largest absolute Gasteiger partial charge is 0.304 e. The van der Waals surface area contributed by atoms with E-state index in [-0.39, 0.29) is 0 Å². The van der Waals surface area contributed by atoms with Gasteiger partial charge in [0.15, 0.2) is 0 Å². The lowest BCUT2D eigenvalue weighted by Gasteiger charge is -2.34. The average molecular weight is 182 g/mol. The monoisotopic (exact) mass is 182 g/mol. The molecule has 0 N–H and O–H groups in total. The van der Waals surface area contributed by atoms with Crippen LogP contribution in [0.25, 0.3) is 0 Å². The Kier molecular flexibility index (Phi) is 2.61. The Morgan fingerprint density at radius 1 is 1.23 bits per heavy atom. The number of hydrogen-bond acceptors (Lipinski definition) is 2. The van der Waals surface area contributed by atoms with E-state index in [1.165, 1.54) is 51.9 Å². The second-order valence-electron chi connectivity index (χ2n) is 4.80. The zero-order valence-corrected chi connectivity index (χ0v) is 9.05. The highest BCUT2D eigenvalue weighted by Crippen LogP contribution is 2.36. The molecule has 0 radical (unpaired) electrons. The van der Waals surface area contributed by atoms with E-state index in [4.69, 9.17) is 0 Å². The summed E-state index contributed by atoms with van der Waals surface area (Å²) >= 11 is 0. The van der Waals surface area contributed by atoms with E-state index >= 15 is 0 Å². The highest BCUT2D eigenvalue weighted by Gasteiger charge is 2.44. The summed E-state index contributed by atoms with van der Waals surface area (Å²) in [7, 11) is 2.26. The molecule has 0 aromatic heterocycles. The van der Waals surface area contributed by atoms with Crippen LogP contribution in [0.3, 0.4) is 0 Å². The van der Waals surface area contributed by atoms with Gasteiger partial charge in [-0.2, -0.15) is 0 Å². The maximum atomic E-state index is 2.75. The van der Waals surface area contributed by atoms with E-state index in [2.05, 4.69) is 23.8 Å². The van der Waals surface area contributed by atoms with E-state index in [0.717, 1.165) is 0 Å². The van der Waals surface area contributed by atoms with Gasteiger partial charge >= 0.3 is 0 Å². The van der Waals surface area contributed by atoms with Crippen LogP contribution < -0.4 is 0 Å². The maximum Gasteiger partial charge on any atom is 0.0348 e. The molecule has 2 heterocycles. The van der Waals surface area contributed by atoms with Crippen LogP contribution in [0.4, 0.5) is 0 Å². The van der Waals surface area contributed by atoms with Crippen LogP contribution in [0.2, 0.25) is 0 Å². The standard InChI is InChI=1S/C11H22N2/c1-3-7-13-8-4-5-11(13)6-9-12(2)10-11/h3-10H2,1-2H3. The van der Waals surface area contributed by atoms with E-state index in [1.54, 1.807) is 0 Å². The molecule has 0 aromatic rings. The Balaban J connectivity index is 2.03. The Hall–Kier alpha value is -0.0800. The first kappa shape index (κ1) is 9.47. The van der Waals surface area contributed by atoms with Crippen molar-refractivity contribution in [1.82, 2.24) is 9.80 Å². The molecule has 0 aliphatic carbocycles. The zero-order valence-electron chi connectivity index (χ0n) is 9.05. The molecule has 0 saturated carbocycles. The van der Waals surface area contributed by atoms with Gasteiger partial charge in [0.1, 0.15) is 0 Å². The van der Waals surface area contributed by atoms with E-state index in [1.807, 2.05) is 0 Å². The SMILES string of the molecule is CCCN1CCCC12CCN(C)C2. The lowest BCUT2D eigenvalue weighted by Crippen LogP contribution is -2.45. The summed E-state index contributed by atoms with van der Waals surface area (Å²) < 4.78 is 0. The van der Waals surface area contributed by atoms with Crippen LogP contribution in [0.5, 0.6) is 0 Å². The molecule has 1 atom stereocenters. The third-order valence-corrected chi connectivity index (χ3v) is 3.76. The highest BCUT2D eigenvalue weighted by atomic mass is 15.3. The van der Waals surface area contributed by atoms with Crippen molar-refractivity contribution in [2.24, 2.45) is 0 Å². The van der Waals surface area contributed by atoms with Gasteiger partial charge in [-0.15, -0.1) is 0 Å². The number of nitrogens with zero attached hydrogens (tertiary/aromatic N) is 2. The van der Waals surface area contributed by atoms with Crippen LogP contribution in [0.1, 0.15) is 32.6 Å². The second kappa shape index (κ2) is 3.58. The minimum Gasteiger partial charge on any atom is -0.304 e. The topological polar surface area (TPSA) is 6.48 Å². The molecule has 0 bridgehead atoms. The molecular formula is C11H22N2. The predicted octanol–water partition coefficient (Wildman–Crippen LogP) is 1.57. The fourth-order valence-corrected chi connectivity index (χ4v) is 3.13. The van der Waals surface area contributed by atoms with Gasteiger partial charge in [-0.1, -0.05) is 6.92 Å². The molecule has 2 aliphatic heterocycles. The first-order chi connectivity index (χ1) is 6.27. The van der Waals surface area contributed by atoms with E-state index < -0.39 is 0 Å². The summed E-state index contributed by atoms with van der Waals surface area (Å²) in [5.41, 5.74) is 0.588. The molecule has 0 aromatic carbocycles. The normalized spacial score (nSPS) is 36.5. The van der Waals surface area contributed by atoms with Crippen LogP contribution >= 0.6 is 0 Å². The molecule has 2 heteroatoms. The van der Waals surface area contributed by atoms with Gasteiger partial charge in [-0.3, -0.25) is 4.90 Å². The Morgan fingerprint density at radius 2 is 2.08 bits per heavy atom. The zero-order chi connectivity index (χ0) is 9.31. The lowest BCUT2D eigenvalue weighted by molar-refractivity contribution is 0.145. The number of hydrogen-bond donors (Lipinski definition) is 0. The number of rotatable bonds is 2. The third kappa shape index (κ3) is 1.62. The molecule has 13 heavy (non-hydrogen) atoms. The van der Waals surface area contributed by atoms with Gasteiger partial charge in [-0.25, -0.2) is 0 Å². The van der Waals surface area contributed by atoms with Crippen molar-refractivity contribution in [3.63, 3.8) is 0 Å². The first-order valence-corrected chi connectivity index (χ1v) is 5.70. The molecule has 2 rings (SSSR count). The number of likely N-dealkylation sites (tertiary alicyclic amines) is 2. The molecule has 1 unspecified atom stereocenters. The molecule has 1 spiro atoms. The van der Waals surface area contributed by atoms with Crippen LogP contribution in [-0.4, -0.2) is 48.6 Å². The van der Waals surface area contributed by atoms with Gasteiger partial charge in [-0.05, 0) is 52.4 Å². The van der Waals surface area contributed by atoms with Crippen molar-refractivity contribution in [1.29, 1.82) is 0 Å². The first-order valence-electron chi connectivity index (χ1n) is 5.70. The van der Waals surface area contributed by atoms with Gasteiger partial charge < -0.3 is 4.90 Å². The van der Waals surface area contributed by atoms with Gasteiger partial charge in [0.25, 0.3) is 0 Å². The van der Waals surface area contributed by atoms with Crippen LogP contribution in [0, 0.1) is 0 Å².